The van der Waals surface area contributed by atoms with Crippen molar-refractivity contribution >= 4 is 16.6 Å². The highest BCUT2D eigenvalue weighted by Gasteiger charge is 2.14. The van der Waals surface area contributed by atoms with Crippen molar-refractivity contribution in [1.29, 1.82) is 0 Å². The lowest BCUT2D eigenvalue weighted by Gasteiger charge is -2.01. The lowest BCUT2D eigenvalue weighted by Crippen LogP contribution is -2.29. The summed E-state index contributed by atoms with van der Waals surface area (Å²) in [6.45, 7) is 0. The molecule has 1 N–H and O–H groups in total. The van der Waals surface area contributed by atoms with Crippen LogP contribution in [0.15, 0.2) is 58.1 Å². The molecule has 4 rings (SSSR count). The number of nitrogens with one attached hydrogen (secondary N) is 1. The van der Waals surface area contributed by atoms with Crippen molar-refractivity contribution in [3.05, 3.63) is 69.5 Å². The molecule has 4 aromatic rings. The Kier molecular flexibility index (Phi) is 2.80. The Morgan fingerprint density at radius 3 is 2.52 bits per heavy atom. The minimum Gasteiger partial charge on any atom is -0.497 e. The molecule has 0 amide bonds. The number of aromatic nitrogens is 4. The molecule has 7 heteroatoms. The molecule has 0 aliphatic rings. The first-order valence-electron chi connectivity index (χ1n) is 6.96. The monoisotopic (exact) mass is 308 g/mol. The number of methoxy groups -OCH3 is 1. The summed E-state index contributed by atoms with van der Waals surface area (Å²) in [6, 6.07) is 14.1. The number of fused-ring (bicyclic) bond motifs is 3. The first-order valence-corrected chi connectivity index (χ1v) is 6.96. The Labute approximate surface area is 129 Å². The molecule has 0 atom stereocenters. The topological polar surface area (TPSA) is 81.4 Å². The van der Waals surface area contributed by atoms with Crippen molar-refractivity contribution in [2.45, 2.75) is 0 Å². The van der Waals surface area contributed by atoms with Gasteiger partial charge in [0, 0.05) is 5.39 Å². The van der Waals surface area contributed by atoms with Crippen molar-refractivity contribution in [2.75, 3.05) is 7.11 Å². The lowest BCUT2D eigenvalue weighted by atomic mass is 10.2. The van der Waals surface area contributed by atoms with Gasteiger partial charge < -0.3 is 9.72 Å². The second kappa shape index (κ2) is 4.84. The van der Waals surface area contributed by atoms with E-state index < -0.39 is 11.4 Å². The first kappa shape index (κ1) is 13.3. The number of aromatic amines is 1. The number of ether oxygens (including phenoxy) is 1. The zero-order valence-electron chi connectivity index (χ0n) is 12.2. The summed E-state index contributed by atoms with van der Waals surface area (Å²) in [5.74, 6) is 0.675. The van der Waals surface area contributed by atoms with E-state index in [1.165, 1.54) is 4.68 Å². The molecule has 114 valence electrons. The van der Waals surface area contributed by atoms with E-state index in [0.29, 0.717) is 28.0 Å². The van der Waals surface area contributed by atoms with Gasteiger partial charge in [0.05, 0.1) is 18.3 Å². The number of rotatable bonds is 2. The Balaban J connectivity index is 2.07. The van der Waals surface area contributed by atoms with Crippen LogP contribution in [0.25, 0.3) is 22.2 Å². The zero-order chi connectivity index (χ0) is 16.0. The normalized spacial score (nSPS) is 11.2. The second-order valence-electron chi connectivity index (χ2n) is 5.03. The highest BCUT2D eigenvalue weighted by molar-refractivity contribution is 5.90. The summed E-state index contributed by atoms with van der Waals surface area (Å²) in [4.78, 5) is 27.4. The van der Waals surface area contributed by atoms with Crippen molar-refractivity contribution in [1.82, 2.24) is 19.2 Å². The maximum Gasteiger partial charge on any atom is 0.359 e. The van der Waals surface area contributed by atoms with Gasteiger partial charge in [-0.05, 0) is 36.4 Å². The molecule has 0 saturated heterocycles. The van der Waals surface area contributed by atoms with Crippen molar-refractivity contribution in [2.24, 2.45) is 0 Å². The molecule has 0 fully saturated rings. The van der Waals surface area contributed by atoms with Gasteiger partial charge >= 0.3 is 11.4 Å². The molecule has 0 saturated carbocycles. The summed E-state index contributed by atoms with van der Waals surface area (Å²) in [5, 5.41) is 5.04. The summed E-state index contributed by atoms with van der Waals surface area (Å²) in [6.07, 6.45) is 0. The fourth-order valence-electron chi connectivity index (χ4n) is 2.57. The Morgan fingerprint density at radius 1 is 1.04 bits per heavy atom. The van der Waals surface area contributed by atoms with E-state index in [4.69, 9.17) is 4.74 Å². The second-order valence-corrected chi connectivity index (χ2v) is 5.03. The molecule has 0 spiro atoms. The van der Waals surface area contributed by atoms with Gasteiger partial charge in [0.15, 0.2) is 5.65 Å². The third-order valence-corrected chi connectivity index (χ3v) is 3.71. The van der Waals surface area contributed by atoms with E-state index in [9.17, 15) is 9.59 Å². The molecule has 0 aliphatic heterocycles. The fraction of sp³-hybridized carbons (Fsp3) is 0.0625. The van der Waals surface area contributed by atoms with Gasteiger partial charge in [-0.1, -0.05) is 12.1 Å². The predicted molar refractivity (Wildman–Crippen MR) is 85.5 cm³/mol. The maximum atomic E-state index is 12.6. The van der Waals surface area contributed by atoms with Gasteiger partial charge in [-0.3, -0.25) is 0 Å². The van der Waals surface area contributed by atoms with Gasteiger partial charge in [0.1, 0.15) is 5.75 Å². The number of H-pyrrole nitrogens is 1. The molecule has 7 nitrogen and oxygen atoms in total. The molecular formula is C16H12N4O3. The van der Waals surface area contributed by atoms with E-state index in [0.717, 1.165) is 4.40 Å². The van der Waals surface area contributed by atoms with Crippen molar-refractivity contribution < 1.29 is 4.74 Å². The minimum absolute atomic E-state index is 0.324. The number of nitrogens with zero attached hydrogens (tertiary/aromatic N) is 3. The van der Waals surface area contributed by atoms with Crippen LogP contribution in [0.1, 0.15) is 0 Å². The maximum absolute atomic E-state index is 12.6. The summed E-state index contributed by atoms with van der Waals surface area (Å²) in [5.41, 5.74) is 0.491. The summed E-state index contributed by atoms with van der Waals surface area (Å²) < 4.78 is 7.34. The van der Waals surface area contributed by atoms with Crippen LogP contribution in [0.5, 0.6) is 5.75 Å². The largest absolute Gasteiger partial charge is 0.497 e. The molecule has 2 aromatic carbocycles. The van der Waals surface area contributed by atoms with E-state index in [2.05, 4.69) is 10.1 Å². The fourth-order valence-corrected chi connectivity index (χ4v) is 2.57. The van der Waals surface area contributed by atoms with Gasteiger partial charge in [-0.15, -0.1) is 5.10 Å². The zero-order valence-corrected chi connectivity index (χ0v) is 12.2. The summed E-state index contributed by atoms with van der Waals surface area (Å²) >= 11 is 0. The molecule has 0 unspecified atom stereocenters. The highest BCUT2D eigenvalue weighted by Crippen LogP contribution is 2.16. The van der Waals surface area contributed by atoms with E-state index in [-0.39, 0.29) is 0 Å². The van der Waals surface area contributed by atoms with Gasteiger partial charge in [0.2, 0.25) is 0 Å². The Hall–Kier alpha value is -3.35. The molecular weight excluding hydrogens is 296 g/mol. The molecule has 2 aromatic heterocycles. The average Bonchev–Trinajstić information content (AvgIpc) is 2.93. The van der Waals surface area contributed by atoms with Crippen molar-refractivity contribution in [3.8, 4) is 11.4 Å². The highest BCUT2D eigenvalue weighted by atomic mass is 16.5. The number of benzene rings is 2. The van der Waals surface area contributed by atoms with E-state index in [1.54, 1.807) is 37.4 Å². The first-order chi connectivity index (χ1) is 11.2. The third kappa shape index (κ3) is 1.94. The molecule has 0 radical (unpaired) electrons. The Bertz CT molecular complexity index is 1140. The number of hydrogen-bond donors (Lipinski definition) is 1. The third-order valence-electron chi connectivity index (χ3n) is 3.71. The summed E-state index contributed by atoms with van der Waals surface area (Å²) in [7, 11) is 1.57. The van der Waals surface area contributed by atoms with Gasteiger partial charge in [0.25, 0.3) is 0 Å². The van der Waals surface area contributed by atoms with Crippen LogP contribution in [0.3, 0.4) is 0 Å². The minimum atomic E-state index is -0.517. The molecule has 0 aliphatic carbocycles. The average molecular weight is 308 g/mol. The van der Waals surface area contributed by atoms with Crippen LogP contribution >= 0.6 is 0 Å². The van der Waals surface area contributed by atoms with Crippen molar-refractivity contribution in [3.63, 3.8) is 0 Å². The standard InChI is InChI=1S/C16H12N4O3/c1-23-11-8-6-10(7-9-11)20-16(22)19-14(18-20)12-4-2-3-5-13(12)17-15(19)21/h2-9H,1H3,(H,17,21). The van der Waals surface area contributed by atoms with Crippen LogP contribution in [0.2, 0.25) is 0 Å². The number of para-hydroxylation sites is 1. The number of hydrogen-bond acceptors (Lipinski definition) is 4. The quantitative estimate of drug-likeness (QED) is 0.606. The van der Waals surface area contributed by atoms with Crippen LogP contribution in [0.4, 0.5) is 0 Å². The Morgan fingerprint density at radius 2 is 1.78 bits per heavy atom. The smallest absolute Gasteiger partial charge is 0.359 e. The SMILES string of the molecule is COc1ccc(-n2nc3c4ccccc4[nH]c(=O)n3c2=O)cc1. The van der Waals surface area contributed by atoms with Crippen LogP contribution < -0.4 is 16.1 Å². The van der Waals surface area contributed by atoms with Crippen LogP contribution in [-0.2, 0) is 0 Å². The van der Waals surface area contributed by atoms with Gasteiger partial charge in [-0.25, -0.2) is 9.59 Å². The van der Waals surface area contributed by atoms with Crippen LogP contribution in [0, 0.1) is 0 Å². The van der Waals surface area contributed by atoms with E-state index in [1.807, 2.05) is 18.2 Å². The van der Waals surface area contributed by atoms with E-state index >= 15 is 0 Å². The molecule has 2 heterocycles. The lowest BCUT2D eigenvalue weighted by molar-refractivity contribution is 0.414. The van der Waals surface area contributed by atoms with Crippen LogP contribution in [-0.4, -0.2) is 26.3 Å². The predicted octanol–water partition coefficient (Wildman–Crippen LogP) is 1.34. The van der Waals surface area contributed by atoms with Gasteiger partial charge in [-0.2, -0.15) is 9.08 Å². The molecule has 23 heavy (non-hydrogen) atoms. The molecule has 0 bridgehead atoms.